The Balaban J connectivity index is 2.59. The van der Waals surface area contributed by atoms with E-state index in [-0.39, 0.29) is 22.2 Å². The first-order chi connectivity index (χ1) is 12.4. The number of allylic oxidation sites excluding steroid dienone is 4. The first kappa shape index (κ1) is 22.5. The van der Waals surface area contributed by atoms with Crippen LogP contribution in [0.25, 0.3) is 0 Å². The third kappa shape index (κ3) is 3.01. The summed E-state index contributed by atoms with van der Waals surface area (Å²) in [6.07, 6.45) is 4.86. The van der Waals surface area contributed by atoms with Gasteiger partial charge < -0.3 is 0 Å². The predicted octanol–water partition coefficient (Wildman–Crippen LogP) is 9.64. The van der Waals surface area contributed by atoms with Crippen molar-refractivity contribution < 1.29 is 0 Å². The summed E-state index contributed by atoms with van der Waals surface area (Å²) in [4.78, 5) is 0. The van der Waals surface area contributed by atoms with Gasteiger partial charge in [0, 0.05) is 11.3 Å². The van der Waals surface area contributed by atoms with Gasteiger partial charge in [-0.15, -0.1) is 0 Å². The van der Waals surface area contributed by atoms with Gasteiger partial charge in [0.2, 0.25) is 0 Å². The van der Waals surface area contributed by atoms with Gasteiger partial charge in [-0.25, -0.2) is 0 Å². The summed E-state index contributed by atoms with van der Waals surface area (Å²) in [5, 5.41) is 1.76. The molecule has 0 N–H and O–H groups in total. The average Bonchev–Trinajstić information content (AvgIpc) is 2.54. The van der Waals surface area contributed by atoms with Gasteiger partial charge in [0.1, 0.15) is 0 Å². The molecule has 0 saturated carbocycles. The van der Waals surface area contributed by atoms with Crippen molar-refractivity contribution in [2.75, 3.05) is 0 Å². The highest BCUT2D eigenvalue weighted by Crippen LogP contribution is 2.66. The molecule has 0 spiro atoms. The number of benzene rings is 1. The third-order valence-corrected chi connectivity index (χ3v) is 8.18. The number of rotatable bonds is 0. The Bertz CT molecular complexity index is 880. The number of hydrogen-bond donors (Lipinski definition) is 0. The molecule has 0 amide bonds. The van der Waals surface area contributed by atoms with Gasteiger partial charge in [0.15, 0.2) is 0 Å². The first-order valence-corrected chi connectivity index (χ1v) is 11.3. The zero-order chi connectivity index (χ0) is 21.6. The Morgan fingerprint density at radius 3 is 1.39 bits per heavy atom. The van der Waals surface area contributed by atoms with E-state index in [2.05, 4.69) is 74.5 Å². The molecule has 0 radical (unpaired) electrons. The highest BCUT2D eigenvalue weighted by Gasteiger charge is 2.55. The van der Waals surface area contributed by atoms with Gasteiger partial charge >= 0.3 is 0 Å². The zero-order valence-corrected chi connectivity index (χ0v) is 21.3. The molecule has 0 unspecified atom stereocenters. The Morgan fingerprint density at radius 1 is 0.643 bits per heavy atom. The SMILES string of the molecule is CC(C)(C)C1=CC2(C(C)(C)C)C=C(C(C)(C)C)C1c1c(Cl)c(Cl)c(Cl)c(Cl)c12. The maximum Gasteiger partial charge on any atom is 0.0797 e. The summed E-state index contributed by atoms with van der Waals surface area (Å²) in [5.41, 5.74) is 4.22. The van der Waals surface area contributed by atoms with Crippen LogP contribution in [-0.4, -0.2) is 0 Å². The lowest BCUT2D eigenvalue weighted by Gasteiger charge is -2.56. The highest BCUT2D eigenvalue weighted by atomic mass is 35.5. The molecule has 4 heteroatoms. The first-order valence-electron chi connectivity index (χ1n) is 9.78. The lowest BCUT2D eigenvalue weighted by molar-refractivity contribution is 0.257. The molecule has 0 nitrogen and oxygen atoms in total. The molecular formula is C24H30Cl4. The second-order valence-corrected chi connectivity index (χ2v) is 12.8. The quantitative estimate of drug-likeness (QED) is 0.205. The van der Waals surface area contributed by atoms with Crippen LogP contribution >= 0.6 is 46.4 Å². The summed E-state index contributed by atoms with van der Waals surface area (Å²) >= 11 is 26.8. The molecule has 154 valence electrons. The Kier molecular flexibility index (Phi) is 5.18. The molecule has 3 aliphatic carbocycles. The minimum atomic E-state index is -0.405. The molecule has 2 bridgehead atoms. The third-order valence-electron chi connectivity index (χ3n) is 6.37. The molecule has 0 heterocycles. The fraction of sp³-hybridized carbons (Fsp3) is 0.583. The van der Waals surface area contributed by atoms with Crippen molar-refractivity contribution in [2.45, 2.75) is 73.6 Å². The normalized spacial score (nSPS) is 24.8. The van der Waals surface area contributed by atoms with E-state index < -0.39 is 5.41 Å². The van der Waals surface area contributed by atoms with E-state index in [0.717, 1.165) is 11.1 Å². The largest absolute Gasteiger partial charge is 0.0823 e. The predicted molar refractivity (Wildman–Crippen MR) is 125 cm³/mol. The van der Waals surface area contributed by atoms with Gasteiger partial charge in [0.05, 0.1) is 20.1 Å². The van der Waals surface area contributed by atoms with Crippen LogP contribution in [0, 0.1) is 16.2 Å². The van der Waals surface area contributed by atoms with Crippen LogP contribution in [-0.2, 0) is 5.41 Å². The molecule has 0 fully saturated rings. The fourth-order valence-corrected chi connectivity index (χ4v) is 5.89. The van der Waals surface area contributed by atoms with Gasteiger partial charge in [0.25, 0.3) is 0 Å². The highest BCUT2D eigenvalue weighted by molar-refractivity contribution is 6.52. The van der Waals surface area contributed by atoms with Crippen LogP contribution in [0.3, 0.4) is 0 Å². The van der Waals surface area contributed by atoms with Crippen LogP contribution in [0.15, 0.2) is 23.3 Å². The molecule has 28 heavy (non-hydrogen) atoms. The second kappa shape index (κ2) is 6.43. The zero-order valence-electron chi connectivity index (χ0n) is 18.2. The molecule has 0 saturated heterocycles. The van der Waals surface area contributed by atoms with Crippen LogP contribution in [0.2, 0.25) is 20.1 Å². The van der Waals surface area contributed by atoms with Gasteiger partial charge in [-0.1, -0.05) is 132 Å². The second-order valence-electron chi connectivity index (χ2n) is 11.3. The molecule has 4 rings (SSSR count). The van der Waals surface area contributed by atoms with Crippen molar-refractivity contribution in [2.24, 2.45) is 16.2 Å². The monoisotopic (exact) mass is 458 g/mol. The number of halogens is 4. The molecule has 3 aliphatic rings. The standard InChI is InChI=1S/C24H30Cl4/c1-21(2,3)12-10-24(23(7,8)9)11-13(22(4,5)6)14(12)15-16(24)18(26)20(28)19(27)17(15)25/h10-11,14H,1-9H3. The van der Waals surface area contributed by atoms with E-state index in [1.807, 2.05) is 0 Å². The summed E-state index contributed by atoms with van der Waals surface area (Å²) < 4.78 is 0. The van der Waals surface area contributed by atoms with E-state index in [0.29, 0.717) is 20.1 Å². The fourth-order valence-electron chi connectivity index (χ4n) is 4.75. The van der Waals surface area contributed by atoms with E-state index in [9.17, 15) is 0 Å². The maximum absolute atomic E-state index is 6.90. The molecule has 1 aromatic carbocycles. The summed E-state index contributed by atoms with van der Waals surface area (Å²) in [5.74, 6) is 0.0546. The maximum atomic E-state index is 6.90. The molecule has 1 aromatic rings. The van der Waals surface area contributed by atoms with Crippen molar-refractivity contribution in [1.82, 2.24) is 0 Å². The van der Waals surface area contributed by atoms with Gasteiger partial charge in [-0.2, -0.15) is 0 Å². The van der Waals surface area contributed by atoms with Crippen molar-refractivity contribution >= 4 is 46.4 Å². The smallest absolute Gasteiger partial charge is 0.0797 e. The van der Waals surface area contributed by atoms with Gasteiger partial charge in [-0.3, -0.25) is 0 Å². The van der Waals surface area contributed by atoms with Crippen molar-refractivity contribution in [3.8, 4) is 0 Å². The average molecular weight is 460 g/mol. The molecule has 0 atom stereocenters. The molecule has 0 aromatic heterocycles. The van der Waals surface area contributed by atoms with Crippen LogP contribution < -0.4 is 0 Å². The van der Waals surface area contributed by atoms with Crippen molar-refractivity contribution in [3.63, 3.8) is 0 Å². The van der Waals surface area contributed by atoms with Gasteiger partial charge in [-0.05, 0) is 27.4 Å². The lowest BCUT2D eigenvalue weighted by Crippen LogP contribution is -2.47. The Hall–Kier alpha value is -0.140. The summed E-state index contributed by atoms with van der Waals surface area (Å²) in [6.45, 7) is 20.4. The van der Waals surface area contributed by atoms with Crippen LogP contribution in [0.5, 0.6) is 0 Å². The van der Waals surface area contributed by atoms with Crippen LogP contribution in [0.4, 0.5) is 0 Å². The van der Waals surface area contributed by atoms with E-state index in [1.165, 1.54) is 11.1 Å². The number of hydrogen-bond acceptors (Lipinski definition) is 0. The van der Waals surface area contributed by atoms with E-state index in [1.54, 1.807) is 0 Å². The minimum Gasteiger partial charge on any atom is -0.0823 e. The summed E-state index contributed by atoms with van der Waals surface area (Å²) in [7, 11) is 0. The van der Waals surface area contributed by atoms with Crippen molar-refractivity contribution in [3.05, 3.63) is 54.5 Å². The minimum absolute atomic E-state index is 0.0223. The summed E-state index contributed by atoms with van der Waals surface area (Å²) in [6, 6.07) is 0. The van der Waals surface area contributed by atoms with E-state index in [4.69, 9.17) is 46.4 Å². The van der Waals surface area contributed by atoms with Crippen molar-refractivity contribution in [1.29, 1.82) is 0 Å². The molecule has 0 aliphatic heterocycles. The molecular weight excluding hydrogens is 430 g/mol. The van der Waals surface area contributed by atoms with Crippen LogP contribution in [0.1, 0.15) is 79.4 Å². The Labute approximate surface area is 190 Å². The Morgan fingerprint density at radius 2 is 1.04 bits per heavy atom. The topological polar surface area (TPSA) is 0 Å². The van der Waals surface area contributed by atoms with E-state index >= 15 is 0 Å². The lowest BCUT2D eigenvalue weighted by atomic mass is 9.48.